The zero-order valence-electron chi connectivity index (χ0n) is 12.2. The lowest BCUT2D eigenvalue weighted by molar-refractivity contribution is 0.200. The van der Waals surface area contributed by atoms with Crippen LogP contribution in [0.1, 0.15) is 45.2 Å². The van der Waals surface area contributed by atoms with Crippen LogP contribution in [0.4, 0.5) is 0 Å². The SMILES string of the molecule is CCCCN(CC)C(CNCC)c1ccccc1. The molecule has 1 N–H and O–H groups in total. The van der Waals surface area contributed by atoms with Gasteiger partial charge in [0, 0.05) is 12.6 Å². The van der Waals surface area contributed by atoms with Crippen LogP contribution < -0.4 is 5.32 Å². The molecule has 0 aliphatic rings. The van der Waals surface area contributed by atoms with Crippen molar-refractivity contribution < 1.29 is 0 Å². The maximum Gasteiger partial charge on any atom is 0.0472 e. The summed E-state index contributed by atoms with van der Waals surface area (Å²) in [5.41, 5.74) is 1.43. The van der Waals surface area contributed by atoms with Gasteiger partial charge in [0.2, 0.25) is 0 Å². The van der Waals surface area contributed by atoms with Crippen molar-refractivity contribution in [1.82, 2.24) is 10.2 Å². The van der Waals surface area contributed by atoms with E-state index in [1.165, 1.54) is 24.9 Å². The van der Waals surface area contributed by atoms with E-state index in [0.717, 1.165) is 19.6 Å². The third kappa shape index (κ3) is 4.79. The molecule has 2 nitrogen and oxygen atoms in total. The van der Waals surface area contributed by atoms with E-state index in [1.807, 2.05) is 0 Å². The summed E-state index contributed by atoms with van der Waals surface area (Å²) >= 11 is 0. The number of nitrogens with zero attached hydrogens (tertiary/aromatic N) is 1. The van der Waals surface area contributed by atoms with Gasteiger partial charge in [0.15, 0.2) is 0 Å². The number of likely N-dealkylation sites (N-methyl/N-ethyl adjacent to an activating group) is 2. The number of hydrogen-bond donors (Lipinski definition) is 1. The Morgan fingerprint density at radius 1 is 1.11 bits per heavy atom. The van der Waals surface area contributed by atoms with Gasteiger partial charge in [-0.2, -0.15) is 0 Å². The molecule has 1 aromatic rings. The minimum atomic E-state index is 0.502. The molecule has 0 radical (unpaired) electrons. The number of rotatable bonds is 9. The molecule has 0 heterocycles. The average molecular weight is 248 g/mol. The van der Waals surface area contributed by atoms with Crippen molar-refractivity contribution in [2.45, 2.75) is 39.7 Å². The monoisotopic (exact) mass is 248 g/mol. The molecule has 1 unspecified atom stereocenters. The predicted molar refractivity (Wildman–Crippen MR) is 79.9 cm³/mol. The normalized spacial score (nSPS) is 12.9. The maximum absolute atomic E-state index is 3.50. The molecule has 0 saturated carbocycles. The summed E-state index contributed by atoms with van der Waals surface area (Å²) < 4.78 is 0. The van der Waals surface area contributed by atoms with Gasteiger partial charge in [0.25, 0.3) is 0 Å². The van der Waals surface area contributed by atoms with Crippen LogP contribution in [0.2, 0.25) is 0 Å². The molecule has 0 bridgehead atoms. The minimum Gasteiger partial charge on any atom is -0.315 e. The standard InChI is InChI=1S/C16H28N2/c1-4-7-13-18(6-3)16(14-17-5-2)15-11-9-8-10-12-15/h8-12,16-17H,4-7,13-14H2,1-3H3. The molecule has 102 valence electrons. The molecule has 0 aliphatic heterocycles. The Balaban J connectivity index is 2.75. The number of unbranched alkanes of at least 4 members (excludes halogenated alkanes) is 1. The zero-order chi connectivity index (χ0) is 13.2. The van der Waals surface area contributed by atoms with E-state index in [9.17, 15) is 0 Å². The molecule has 0 amide bonds. The first kappa shape index (κ1) is 15.2. The van der Waals surface area contributed by atoms with Crippen LogP contribution in [0.25, 0.3) is 0 Å². The molecule has 1 aromatic carbocycles. The van der Waals surface area contributed by atoms with Gasteiger partial charge < -0.3 is 5.32 Å². The van der Waals surface area contributed by atoms with E-state index >= 15 is 0 Å². The predicted octanol–water partition coefficient (Wildman–Crippen LogP) is 3.46. The van der Waals surface area contributed by atoms with Gasteiger partial charge in [-0.3, -0.25) is 4.90 Å². The topological polar surface area (TPSA) is 15.3 Å². The highest BCUT2D eigenvalue weighted by Gasteiger charge is 2.17. The van der Waals surface area contributed by atoms with E-state index in [1.54, 1.807) is 0 Å². The van der Waals surface area contributed by atoms with Gasteiger partial charge in [0.05, 0.1) is 0 Å². The van der Waals surface area contributed by atoms with E-state index in [2.05, 4.69) is 61.3 Å². The molecule has 1 atom stereocenters. The maximum atomic E-state index is 3.50. The van der Waals surface area contributed by atoms with Crippen LogP contribution in [-0.2, 0) is 0 Å². The van der Waals surface area contributed by atoms with Crippen molar-refractivity contribution >= 4 is 0 Å². The smallest absolute Gasteiger partial charge is 0.0472 e. The molecule has 0 fully saturated rings. The fraction of sp³-hybridized carbons (Fsp3) is 0.625. The molecule has 0 saturated heterocycles. The van der Waals surface area contributed by atoms with Gasteiger partial charge in [-0.05, 0) is 31.6 Å². The third-order valence-corrected chi connectivity index (χ3v) is 3.42. The number of benzene rings is 1. The quantitative estimate of drug-likeness (QED) is 0.720. The van der Waals surface area contributed by atoms with Gasteiger partial charge >= 0.3 is 0 Å². The molecule has 0 aliphatic carbocycles. The summed E-state index contributed by atoms with van der Waals surface area (Å²) in [6.07, 6.45) is 2.54. The third-order valence-electron chi connectivity index (χ3n) is 3.42. The highest BCUT2D eigenvalue weighted by Crippen LogP contribution is 2.20. The fourth-order valence-corrected chi connectivity index (χ4v) is 2.31. The van der Waals surface area contributed by atoms with Crippen molar-refractivity contribution in [2.75, 3.05) is 26.2 Å². The lowest BCUT2D eigenvalue weighted by Crippen LogP contribution is -2.36. The Morgan fingerprint density at radius 3 is 2.39 bits per heavy atom. The summed E-state index contributed by atoms with van der Waals surface area (Å²) in [5.74, 6) is 0. The first-order valence-corrected chi connectivity index (χ1v) is 7.33. The largest absolute Gasteiger partial charge is 0.315 e. The average Bonchev–Trinajstić information content (AvgIpc) is 2.43. The van der Waals surface area contributed by atoms with Crippen LogP contribution in [-0.4, -0.2) is 31.1 Å². The van der Waals surface area contributed by atoms with Gasteiger partial charge in [-0.25, -0.2) is 0 Å². The molecule has 18 heavy (non-hydrogen) atoms. The highest BCUT2D eigenvalue weighted by molar-refractivity contribution is 5.19. The summed E-state index contributed by atoms with van der Waals surface area (Å²) in [4.78, 5) is 2.58. The second-order valence-corrected chi connectivity index (χ2v) is 4.72. The number of nitrogens with one attached hydrogen (secondary N) is 1. The van der Waals surface area contributed by atoms with E-state index in [4.69, 9.17) is 0 Å². The van der Waals surface area contributed by atoms with Crippen molar-refractivity contribution in [3.8, 4) is 0 Å². The highest BCUT2D eigenvalue weighted by atomic mass is 15.2. The molecule has 0 spiro atoms. The lowest BCUT2D eigenvalue weighted by Gasteiger charge is -2.31. The van der Waals surface area contributed by atoms with Crippen LogP contribution in [0.5, 0.6) is 0 Å². The first-order chi connectivity index (χ1) is 8.83. The molecular weight excluding hydrogens is 220 g/mol. The minimum absolute atomic E-state index is 0.502. The molecular formula is C16H28N2. The Hall–Kier alpha value is -0.860. The van der Waals surface area contributed by atoms with Crippen LogP contribution in [0.15, 0.2) is 30.3 Å². The van der Waals surface area contributed by atoms with E-state index in [-0.39, 0.29) is 0 Å². The van der Waals surface area contributed by atoms with Crippen molar-refractivity contribution in [1.29, 1.82) is 0 Å². The van der Waals surface area contributed by atoms with Crippen LogP contribution >= 0.6 is 0 Å². The van der Waals surface area contributed by atoms with E-state index in [0.29, 0.717) is 6.04 Å². The lowest BCUT2D eigenvalue weighted by atomic mass is 10.0. The van der Waals surface area contributed by atoms with Crippen molar-refractivity contribution in [3.63, 3.8) is 0 Å². The van der Waals surface area contributed by atoms with Crippen LogP contribution in [0, 0.1) is 0 Å². The Kier molecular flexibility index (Phi) is 7.70. The summed E-state index contributed by atoms with van der Waals surface area (Å²) in [7, 11) is 0. The summed E-state index contributed by atoms with van der Waals surface area (Å²) in [6, 6.07) is 11.4. The molecule has 0 aromatic heterocycles. The Labute approximate surface area is 112 Å². The zero-order valence-corrected chi connectivity index (χ0v) is 12.2. The number of hydrogen-bond acceptors (Lipinski definition) is 2. The summed E-state index contributed by atoms with van der Waals surface area (Å²) in [5, 5.41) is 3.50. The van der Waals surface area contributed by atoms with E-state index < -0.39 is 0 Å². The van der Waals surface area contributed by atoms with Gasteiger partial charge in [-0.15, -0.1) is 0 Å². The molecule has 2 heteroatoms. The van der Waals surface area contributed by atoms with Gasteiger partial charge in [0.1, 0.15) is 0 Å². The Morgan fingerprint density at radius 2 is 1.83 bits per heavy atom. The first-order valence-electron chi connectivity index (χ1n) is 7.33. The summed E-state index contributed by atoms with van der Waals surface area (Å²) in [6.45, 7) is 11.1. The Bertz CT molecular complexity index is 297. The fourth-order valence-electron chi connectivity index (χ4n) is 2.31. The second kappa shape index (κ2) is 9.12. The van der Waals surface area contributed by atoms with Crippen molar-refractivity contribution in [2.24, 2.45) is 0 Å². The van der Waals surface area contributed by atoms with Crippen molar-refractivity contribution in [3.05, 3.63) is 35.9 Å². The van der Waals surface area contributed by atoms with Gasteiger partial charge in [-0.1, -0.05) is 57.5 Å². The van der Waals surface area contributed by atoms with Crippen LogP contribution in [0.3, 0.4) is 0 Å². The second-order valence-electron chi connectivity index (χ2n) is 4.72. The molecule has 1 rings (SSSR count).